The van der Waals surface area contributed by atoms with E-state index in [0.29, 0.717) is 5.03 Å². The molecular formula is C21H28N2O3S. The van der Waals surface area contributed by atoms with Gasteiger partial charge in [0.1, 0.15) is 6.54 Å². The van der Waals surface area contributed by atoms with Crippen LogP contribution in [0.15, 0.2) is 29.3 Å². The predicted octanol–water partition coefficient (Wildman–Crippen LogP) is 3.78. The van der Waals surface area contributed by atoms with Crippen LogP contribution in [0.3, 0.4) is 0 Å². The Morgan fingerprint density at radius 3 is 2.30 bits per heavy atom. The lowest BCUT2D eigenvalue weighted by atomic mass is 9.91. The zero-order chi connectivity index (χ0) is 20.2. The van der Waals surface area contributed by atoms with Gasteiger partial charge in [-0.2, -0.15) is 0 Å². The van der Waals surface area contributed by atoms with Crippen molar-refractivity contribution in [1.82, 2.24) is 4.90 Å². The maximum absolute atomic E-state index is 12.7. The maximum atomic E-state index is 12.7. The molecule has 27 heavy (non-hydrogen) atoms. The highest BCUT2D eigenvalue weighted by Crippen LogP contribution is 2.30. The van der Waals surface area contributed by atoms with Gasteiger partial charge in [0, 0.05) is 17.2 Å². The average Bonchev–Trinajstić information content (AvgIpc) is 2.94. The number of amides is 2. The number of rotatable bonds is 6. The molecule has 5 nitrogen and oxygen atoms in total. The molecule has 1 aliphatic rings. The standard InChI is InChI=1S/C21H28N2O3S/c1-6-14-9-8-10-15(7-2)20(14)22-17(25)12-23-18(26)13-27-19(23)11-16(24)21(3,4)5/h8-11H,6-7,12-13H2,1-5H3,(H,22,25)/b19-11-. The van der Waals surface area contributed by atoms with Gasteiger partial charge in [-0.05, 0) is 24.0 Å². The van der Waals surface area contributed by atoms with E-state index >= 15 is 0 Å². The van der Waals surface area contributed by atoms with Gasteiger partial charge in [0.25, 0.3) is 0 Å². The Labute approximate surface area is 165 Å². The summed E-state index contributed by atoms with van der Waals surface area (Å²) < 4.78 is 0. The summed E-state index contributed by atoms with van der Waals surface area (Å²) in [5, 5.41) is 3.53. The van der Waals surface area contributed by atoms with Crippen LogP contribution in [0.25, 0.3) is 0 Å². The van der Waals surface area contributed by atoms with E-state index in [1.54, 1.807) is 0 Å². The van der Waals surface area contributed by atoms with Crippen molar-refractivity contribution in [1.29, 1.82) is 0 Å². The second-order valence-electron chi connectivity index (χ2n) is 7.57. The molecule has 2 amide bonds. The molecule has 1 N–H and O–H groups in total. The van der Waals surface area contributed by atoms with E-state index in [4.69, 9.17) is 0 Å². The van der Waals surface area contributed by atoms with Crippen LogP contribution in [0.1, 0.15) is 45.7 Å². The second kappa shape index (κ2) is 8.74. The minimum Gasteiger partial charge on any atom is -0.324 e. The van der Waals surface area contributed by atoms with Crippen LogP contribution in [0, 0.1) is 5.41 Å². The Balaban J connectivity index is 2.18. The van der Waals surface area contributed by atoms with Crippen molar-refractivity contribution in [2.75, 3.05) is 17.6 Å². The number of thioether (sulfide) groups is 1. The van der Waals surface area contributed by atoms with Gasteiger partial charge in [-0.15, -0.1) is 0 Å². The number of nitrogens with zero attached hydrogens (tertiary/aromatic N) is 1. The number of aryl methyl sites for hydroxylation is 2. The lowest BCUT2D eigenvalue weighted by Gasteiger charge is -2.20. The predicted molar refractivity (Wildman–Crippen MR) is 111 cm³/mol. The normalized spacial score (nSPS) is 16.1. The summed E-state index contributed by atoms with van der Waals surface area (Å²) in [5.41, 5.74) is 2.46. The molecular weight excluding hydrogens is 360 g/mol. The lowest BCUT2D eigenvalue weighted by molar-refractivity contribution is -0.129. The summed E-state index contributed by atoms with van der Waals surface area (Å²) in [5.74, 6) is -0.213. The van der Waals surface area contributed by atoms with Crippen molar-refractivity contribution >= 4 is 35.0 Å². The number of nitrogens with one attached hydrogen (secondary N) is 1. The molecule has 1 aromatic carbocycles. The number of benzene rings is 1. The van der Waals surface area contributed by atoms with Gasteiger partial charge < -0.3 is 5.32 Å². The van der Waals surface area contributed by atoms with Crippen LogP contribution in [-0.2, 0) is 27.2 Å². The smallest absolute Gasteiger partial charge is 0.244 e. The van der Waals surface area contributed by atoms with Crippen LogP contribution < -0.4 is 5.32 Å². The molecule has 146 valence electrons. The molecule has 0 atom stereocenters. The molecule has 2 rings (SSSR count). The van der Waals surface area contributed by atoms with Gasteiger partial charge in [0.05, 0.1) is 10.8 Å². The first-order valence-electron chi connectivity index (χ1n) is 9.27. The van der Waals surface area contributed by atoms with Crippen LogP contribution in [0.2, 0.25) is 0 Å². The Morgan fingerprint density at radius 2 is 1.78 bits per heavy atom. The molecule has 0 saturated carbocycles. The van der Waals surface area contributed by atoms with E-state index in [1.165, 1.54) is 22.7 Å². The Bertz CT molecular complexity index is 756. The molecule has 0 aromatic heterocycles. The number of allylic oxidation sites excluding steroid dienone is 1. The molecule has 0 bridgehead atoms. The first-order chi connectivity index (χ1) is 12.7. The fraction of sp³-hybridized carbons (Fsp3) is 0.476. The molecule has 1 heterocycles. The van der Waals surface area contributed by atoms with Crippen LogP contribution in [0.4, 0.5) is 5.69 Å². The highest BCUT2D eigenvalue weighted by molar-refractivity contribution is 8.04. The quantitative estimate of drug-likeness (QED) is 0.753. The maximum Gasteiger partial charge on any atom is 0.244 e. The van der Waals surface area contributed by atoms with Gasteiger partial charge in [0.2, 0.25) is 11.8 Å². The van der Waals surface area contributed by atoms with Crippen LogP contribution >= 0.6 is 11.8 Å². The van der Waals surface area contributed by atoms with Crippen molar-refractivity contribution in [3.05, 3.63) is 40.4 Å². The molecule has 1 fully saturated rings. The monoisotopic (exact) mass is 388 g/mol. The number of hydrogen-bond donors (Lipinski definition) is 1. The third-order valence-corrected chi connectivity index (χ3v) is 5.49. The minimum atomic E-state index is -0.525. The lowest BCUT2D eigenvalue weighted by Crippen LogP contribution is -2.34. The van der Waals surface area contributed by atoms with E-state index in [-0.39, 0.29) is 29.9 Å². The van der Waals surface area contributed by atoms with E-state index < -0.39 is 5.41 Å². The molecule has 0 aliphatic carbocycles. The van der Waals surface area contributed by atoms with Gasteiger partial charge in [-0.3, -0.25) is 19.3 Å². The zero-order valence-corrected chi connectivity index (χ0v) is 17.5. The third-order valence-electron chi connectivity index (χ3n) is 4.47. The topological polar surface area (TPSA) is 66.5 Å². The number of hydrogen-bond acceptors (Lipinski definition) is 4. The number of ketones is 1. The Kier molecular flexibility index (Phi) is 6.87. The molecule has 1 aliphatic heterocycles. The van der Waals surface area contributed by atoms with Crippen molar-refractivity contribution in [3.8, 4) is 0 Å². The first kappa shape index (κ1) is 21.2. The molecule has 6 heteroatoms. The molecule has 0 unspecified atom stereocenters. The van der Waals surface area contributed by atoms with Crippen LogP contribution in [0.5, 0.6) is 0 Å². The molecule has 1 saturated heterocycles. The van der Waals surface area contributed by atoms with E-state index in [9.17, 15) is 14.4 Å². The summed E-state index contributed by atoms with van der Waals surface area (Å²) >= 11 is 1.30. The summed E-state index contributed by atoms with van der Waals surface area (Å²) in [7, 11) is 0. The van der Waals surface area contributed by atoms with Gasteiger partial charge >= 0.3 is 0 Å². The van der Waals surface area contributed by atoms with Crippen LogP contribution in [-0.4, -0.2) is 34.8 Å². The summed E-state index contributed by atoms with van der Waals surface area (Å²) in [6.45, 7) is 9.50. The van der Waals surface area contributed by atoms with Gasteiger partial charge in [-0.1, -0.05) is 64.6 Å². The summed E-state index contributed by atoms with van der Waals surface area (Å²) in [6.07, 6.45) is 3.11. The van der Waals surface area contributed by atoms with Crippen molar-refractivity contribution in [2.45, 2.75) is 47.5 Å². The van der Waals surface area contributed by atoms with E-state index in [1.807, 2.05) is 52.8 Å². The Morgan fingerprint density at radius 1 is 1.19 bits per heavy atom. The largest absolute Gasteiger partial charge is 0.324 e. The summed E-state index contributed by atoms with van der Waals surface area (Å²) in [4.78, 5) is 38.6. The van der Waals surface area contributed by atoms with E-state index in [0.717, 1.165) is 29.7 Å². The number of para-hydroxylation sites is 1. The SMILES string of the molecule is CCc1cccc(CC)c1NC(=O)CN1C(=O)CS/C1=C\C(=O)C(C)(C)C. The fourth-order valence-electron chi connectivity index (χ4n) is 2.75. The highest BCUT2D eigenvalue weighted by atomic mass is 32.2. The Hall–Kier alpha value is -2.08. The zero-order valence-electron chi connectivity index (χ0n) is 16.7. The van der Waals surface area contributed by atoms with Gasteiger partial charge in [0.15, 0.2) is 5.78 Å². The van der Waals surface area contributed by atoms with E-state index in [2.05, 4.69) is 5.32 Å². The average molecular weight is 389 g/mol. The second-order valence-corrected chi connectivity index (χ2v) is 8.57. The molecule has 0 radical (unpaired) electrons. The molecule has 1 aromatic rings. The van der Waals surface area contributed by atoms with Crippen molar-refractivity contribution in [2.24, 2.45) is 5.41 Å². The summed E-state index contributed by atoms with van der Waals surface area (Å²) in [6, 6.07) is 5.99. The van der Waals surface area contributed by atoms with Gasteiger partial charge in [-0.25, -0.2) is 0 Å². The fourth-order valence-corrected chi connectivity index (χ4v) is 3.69. The number of carbonyl (C=O) groups is 3. The minimum absolute atomic E-state index is 0.0605. The van der Waals surface area contributed by atoms with Crippen molar-refractivity contribution in [3.63, 3.8) is 0 Å². The van der Waals surface area contributed by atoms with Crippen molar-refractivity contribution < 1.29 is 14.4 Å². The number of anilines is 1. The first-order valence-corrected chi connectivity index (χ1v) is 10.3. The third kappa shape index (κ3) is 5.22. The molecule has 0 spiro atoms. The highest BCUT2D eigenvalue weighted by Gasteiger charge is 2.31. The number of carbonyl (C=O) groups excluding carboxylic acids is 3.